The number of hydrogen-bond donors (Lipinski definition) is 2. The number of thioether (sulfide) groups is 1. The van der Waals surface area contributed by atoms with Crippen molar-refractivity contribution >= 4 is 35.0 Å². The van der Waals surface area contributed by atoms with Crippen LogP contribution in [0.15, 0.2) is 4.34 Å². The average molecular weight is 288 g/mol. The van der Waals surface area contributed by atoms with Crippen LogP contribution in [0.2, 0.25) is 0 Å². The van der Waals surface area contributed by atoms with Gasteiger partial charge in [-0.05, 0) is 20.8 Å². The van der Waals surface area contributed by atoms with Crippen LogP contribution in [0.4, 0.5) is 0 Å². The number of carboxylic acid groups (broad SMARTS) is 1. The number of hydrogen-bond acceptors (Lipinski definition) is 5. The predicted octanol–water partition coefficient (Wildman–Crippen LogP) is 1.70. The van der Waals surface area contributed by atoms with Gasteiger partial charge in [0.15, 0.2) is 4.34 Å². The minimum absolute atomic E-state index is 0.0143. The first-order valence-corrected chi connectivity index (χ1v) is 7.26. The highest BCUT2D eigenvalue weighted by Gasteiger charge is 2.17. The van der Waals surface area contributed by atoms with Crippen LogP contribution in [-0.4, -0.2) is 33.8 Å². The molecule has 1 amide bonds. The summed E-state index contributed by atoms with van der Waals surface area (Å²) < 4.78 is 0.738. The van der Waals surface area contributed by atoms with Gasteiger partial charge in [0, 0.05) is 11.4 Å². The maximum Gasteiger partial charge on any atom is 0.308 e. The summed E-state index contributed by atoms with van der Waals surface area (Å²) in [5, 5.41) is 11.3. The lowest BCUT2D eigenvalue weighted by Gasteiger charge is -2.08. The number of carboxylic acids is 1. The fourth-order valence-corrected chi connectivity index (χ4v) is 3.67. The normalized spacial score (nSPS) is 12.2. The Morgan fingerprint density at radius 2 is 2.22 bits per heavy atom. The molecule has 7 heteroatoms. The van der Waals surface area contributed by atoms with E-state index < -0.39 is 5.97 Å². The van der Waals surface area contributed by atoms with Gasteiger partial charge in [-0.3, -0.25) is 9.59 Å². The lowest BCUT2D eigenvalue weighted by atomic mass is 10.3. The van der Waals surface area contributed by atoms with Gasteiger partial charge in [-0.1, -0.05) is 11.8 Å². The van der Waals surface area contributed by atoms with Gasteiger partial charge in [-0.25, -0.2) is 4.98 Å². The fraction of sp³-hybridized carbons (Fsp3) is 0.545. The van der Waals surface area contributed by atoms with Crippen molar-refractivity contribution < 1.29 is 14.7 Å². The number of aryl methyl sites for hydroxylation is 1. The Bertz CT molecular complexity index is 445. The molecule has 1 rings (SSSR count). The van der Waals surface area contributed by atoms with E-state index in [1.54, 1.807) is 6.92 Å². The zero-order valence-electron chi connectivity index (χ0n) is 10.5. The molecule has 2 N–H and O–H groups in total. The van der Waals surface area contributed by atoms with Gasteiger partial charge in [0.05, 0.1) is 17.4 Å². The highest BCUT2D eigenvalue weighted by Crippen LogP contribution is 2.30. The van der Waals surface area contributed by atoms with Gasteiger partial charge >= 0.3 is 5.97 Å². The molecule has 1 unspecified atom stereocenters. The quantitative estimate of drug-likeness (QED) is 0.779. The van der Waals surface area contributed by atoms with Crippen LogP contribution in [0.1, 0.15) is 24.4 Å². The molecular weight excluding hydrogens is 272 g/mol. The number of aromatic nitrogens is 1. The molecule has 0 saturated heterocycles. The molecule has 100 valence electrons. The zero-order valence-corrected chi connectivity index (χ0v) is 12.2. The molecule has 18 heavy (non-hydrogen) atoms. The van der Waals surface area contributed by atoms with Crippen LogP contribution in [0.5, 0.6) is 0 Å². The summed E-state index contributed by atoms with van der Waals surface area (Å²) in [6, 6.07) is 0. The molecule has 0 radical (unpaired) electrons. The third kappa shape index (κ3) is 4.30. The number of carbonyl (C=O) groups is 2. The number of nitrogens with one attached hydrogen (secondary N) is 1. The third-order valence-corrected chi connectivity index (χ3v) is 4.53. The summed E-state index contributed by atoms with van der Waals surface area (Å²) in [5.41, 5.74) is 0.730. The second kappa shape index (κ2) is 6.75. The van der Waals surface area contributed by atoms with Crippen molar-refractivity contribution in [3.63, 3.8) is 0 Å². The van der Waals surface area contributed by atoms with Crippen molar-refractivity contribution in [2.24, 2.45) is 0 Å². The molecular formula is C11H16N2O3S2. The summed E-state index contributed by atoms with van der Waals surface area (Å²) in [4.78, 5) is 27.2. The number of carbonyl (C=O) groups excluding carboxylic acids is 1. The molecule has 0 aliphatic heterocycles. The van der Waals surface area contributed by atoms with Crippen molar-refractivity contribution in [2.75, 3.05) is 6.54 Å². The molecule has 0 fully saturated rings. The Hall–Kier alpha value is -1.08. The summed E-state index contributed by atoms with van der Waals surface area (Å²) in [5.74, 6) is -0.898. The summed E-state index contributed by atoms with van der Waals surface area (Å²) in [6.45, 7) is 6.07. The minimum Gasteiger partial charge on any atom is -0.481 e. The molecule has 0 aliphatic carbocycles. The number of thiazole rings is 1. The van der Waals surface area contributed by atoms with E-state index in [1.807, 2.05) is 13.8 Å². The Labute approximate surface area is 114 Å². The molecule has 1 atom stereocenters. The maximum atomic E-state index is 11.6. The van der Waals surface area contributed by atoms with Crippen LogP contribution in [0.3, 0.4) is 0 Å². The Morgan fingerprint density at radius 3 is 2.78 bits per heavy atom. The van der Waals surface area contributed by atoms with Gasteiger partial charge in [-0.2, -0.15) is 0 Å². The summed E-state index contributed by atoms with van der Waals surface area (Å²) in [7, 11) is 0. The fourth-order valence-electron chi connectivity index (χ4n) is 1.28. The highest BCUT2D eigenvalue weighted by molar-refractivity contribution is 8.02. The lowest BCUT2D eigenvalue weighted by molar-refractivity contribution is -0.136. The molecule has 1 aromatic rings. The molecule has 0 saturated carbocycles. The molecule has 0 bridgehead atoms. The number of aliphatic carboxylic acids is 1. The van der Waals surface area contributed by atoms with Crippen LogP contribution in [0, 0.1) is 6.92 Å². The zero-order chi connectivity index (χ0) is 13.7. The summed E-state index contributed by atoms with van der Waals surface area (Å²) in [6.07, 6.45) is -0.0143. The van der Waals surface area contributed by atoms with Crippen LogP contribution < -0.4 is 5.32 Å². The van der Waals surface area contributed by atoms with Crippen molar-refractivity contribution in [3.8, 4) is 0 Å². The van der Waals surface area contributed by atoms with Gasteiger partial charge in [-0.15, -0.1) is 11.3 Å². The van der Waals surface area contributed by atoms with Crippen molar-refractivity contribution in [1.29, 1.82) is 0 Å². The Kier molecular flexibility index (Phi) is 5.61. The third-order valence-electron chi connectivity index (χ3n) is 2.18. The first-order chi connectivity index (χ1) is 8.43. The van der Waals surface area contributed by atoms with Crippen LogP contribution in [-0.2, 0) is 16.0 Å². The van der Waals surface area contributed by atoms with Gasteiger partial charge in [0.2, 0.25) is 5.91 Å². The Morgan fingerprint density at radius 1 is 1.56 bits per heavy atom. The molecule has 0 aromatic carbocycles. The number of amides is 1. The van der Waals surface area contributed by atoms with Gasteiger partial charge < -0.3 is 10.4 Å². The van der Waals surface area contributed by atoms with Crippen LogP contribution >= 0.6 is 23.1 Å². The molecule has 0 spiro atoms. The van der Waals surface area contributed by atoms with E-state index in [2.05, 4.69) is 10.3 Å². The van der Waals surface area contributed by atoms with E-state index in [9.17, 15) is 9.59 Å². The highest BCUT2D eigenvalue weighted by atomic mass is 32.2. The van der Waals surface area contributed by atoms with E-state index in [4.69, 9.17) is 5.11 Å². The van der Waals surface area contributed by atoms with E-state index in [0.717, 1.165) is 14.9 Å². The van der Waals surface area contributed by atoms with Gasteiger partial charge in [0.25, 0.3) is 0 Å². The average Bonchev–Trinajstić information content (AvgIpc) is 2.58. The standard InChI is InChI=1S/C11H16N2O3S2/c1-4-12-10(16)7(3)17-11-13-6(2)8(18-11)5-9(14)15/h7H,4-5H2,1-3H3,(H,12,16)(H,14,15). The Balaban J connectivity index is 2.68. The predicted molar refractivity (Wildman–Crippen MR) is 72.2 cm³/mol. The van der Waals surface area contributed by atoms with Crippen molar-refractivity contribution in [1.82, 2.24) is 10.3 Å². The van der Waals surface area contributed by atoms with Crippen molar-refractivity contribution in [3.05, 3.63) is 10.6 Å². The smallest absolute Gasteiger partial charge is 0.308 e. The topological polar surface area (TPSA) is 79.3 Å². The van der Waals surface area contributed by atoms with E-state index in [-0.39, 0.29) is 17.6 Å². The maximum absolute atomic E-state index is 11.6. The largest absolute Gasteiger partial charge is 0.481 e. The lowest BCUT2D eigenvalue weighted by Crippen LogP contribution is -2.30. The van der Waals surface area contributed by atoms with Crippen LogP contribution in [0.25, 0.3) is 0 Å². The number of nitrogens with zero attached hydrogens (tertiary/aromatic N) is 1. The first-order valence-electron chi connectivity index (χ1n) is 5.56. The summed E-state index contributed by atoms with van der Waals surface area (Å²) >= 11 is 2.70. The molecule has 5 nitrogen and oxygen atoms in total. The van der Waals surface area contributed by atoms with E-state index in [0.29, 0.717) is 6.54 Å². The monoisotopic (exact) mass is 288 g/mol. The SMILES string of the molecule is CCNC(=O)C(C)Sc1nc(C)c(CC(=O)O)s1. The van der Waals surface area contributed by atoms with Crippen molar-refractivity contribution in [2.45, 2.75) is 36.8 Å². The minimum atomic E-state index is -0.866. The first kappa shape index (κ1) is 15.0. The van der Waals surface area contributed by atoms with E-state index >= 15 is 0 Å². The molecule has 1 aromatic heterocycles. The van der Waals surface area contributed by atoms with Gasteiger partial charge in [0.1, 0.15) is 0 Å². The molecule has 1 heterocycles. The second-order valence-electron chi connectivity index (χ2n) is 3.71. The molecule has 0 aliphatic rings. The van der Waals surface area contributed by atoms with E-state index in [1.165, 1.54) is 23.1 Å². The second-order valence-corrected chi connectivity index (χ2v) is 6.39. The number of rotatable bonds is 6.